The molecule has 0 heterocycles. The van der Waals surface area contributed by atoms with Gasteiger partial charge in [0.05, 0.1) is 0 Å². The lowest BCUT2D eigenvalue weighted by Gasteiger charge is -2.13. The van der Waals surface area contributed by atoms with Gasteiger partial charge < -0.3 is 0 Å². The molecule has 0 saturated carbocycles. The summed E-state index contributed by atoms with van der Waals surface area (Å²) in [6, 6.07) is 10.9. The summed E-state index contributed by atoms with van der Waals surface area (Å²) in [7, 11) is 1.16. The number of hydrogen-bond donors (Lipinski definition) is 0. The topological polar surface area (TPSA) is 0 Å². The predicted molar refractivity (Wildman–Crippen MR) is 107 cm³/mol. The Morgan fingerprint density at radius 1 is 1.00 bits per heavy atom. The van der Waals surface area contributed by atoms with E-state index in [0.29, 0.717) is 5.54 Å². The second-order valence-electron chi connectivity index (χ2n) is 6.21. The van der Waals surface area contributed by atoms with Gasteiger partial charge in [0, 0.05) is 15.3 Å². The normalized spacial score (nSPS) is 15.9. The Kier molecular flexibility index (Phi) is 5.51. The highest BCUT2D eigenvalue weighted by molar-refractivity contribution is 7.44. The molecular formula is C17H21Cl3Si2. The van der Waals surface area contributed by atoms with Crippen molar-refractivity contribution < 1.29 is 0 Å². The first-order valence-corrected chi connectivity index (χ1v) is 13.9. The SMILES string of the molecule is C[Si](C)(Cl)Cl.Cc1c(Cl)cc2c(c1C)C([SiH3])c1ccccc1-2. The molecule has 0 radical (unpaired) electrons. The van der Waals surface area contributed by atoms with E-state index in [4.69, 9.17) is 33.8 Å². The van der Waals surface area contributed by atoms with E-state index in [2.05, 4.69) is 44.2 Å². The summed E-state index contributed by atoms with van der Waals surface area (Å²) in [5.74, 6) is 0. The molecule has 1 aliphatic rings. The lowest BCUT2D eigenvalue weighted by atomic mass is 9.98. The molecule has 1 aliphatic carbocycles. The number of halogens is 3. The molecule has 0 fully saturated rings. The van der Waals surface area contributed by atoms with Crippen molar-refractivity contribution in [1.82, 2.24) is 0 Å². The largest absolute Gasteiger partial charge is 0.245 e. The molecule has 2 aromatic rings. The Bertz CT molecular complexity index is 700. The molecule has 1 unspecified atom stereocenters. The van der Waals surface area contributed by atoms with Crippen molar-refractivity contribution in [2.75, 3.05) is 0 Å². The maximum atomic E-state index is 6.32. The van der Waals surface area contributed by atoms with E-state index in [1.54, 1.807) is 0 Å². The standard InChI is InChI=1S/C15H15ClSi.C2H6Cl2Si/c1-8-9(2)14-12(7-13(8)16)10-5-3-4-6-11(10)15(14)17;1-5(2,3)4/h3-7,15H,1-2,17H3;1-2H3. The van der Waals surface area contributed by atoms with Gasteiger partial charge in [0.1, 0.15) is 0 Å². The lowest BCUT2D eigenvalue weighted by Crippen LogP contribution is -2.02. The zero-order valence-electron chi connectivity index (χ0n) is 13.6. The predicted octanol–water partition coefficient (Wildman–Crippen LogP) is 5.56. The van der Waals surface area contributed by atoms with Crippen molar-refractivity contribution >= 4 is 50.7 Å². The molecule has 0 nitrogen and oxygen atoms in total. The molecule has 0 aliphatic heterocycles. The van der Waals surface area contributed by atoms with Crippen LogP contribution >= 0.6 is 33.8 Å². The van der Waals surface area contributed by atoms with Crippen LogP contribution in [0.4, 0.5) is 0 Å². The van der Waals surface area contributed by atoms with Gasteiger partial charge in [-0.1, -0.05) is 35.9 Å². The van der Waals surface area contributed by atoms with Gasteiger partial charge >= 0.3 is 0 Å². The van der Waals surface area contributed by atoms with Crippen molar-refractivity contribution in [3.63, 3.8) is 0 Å². The van der Waals surface area contributed by atoms with Gasteiger partial charge in [0.25, 0.3) is 0 Å². The van der Waals surface area contributed by atoms with Gasteiger partial charge in [-0.15, -0.1) is 22.2 Å². The average Bonchev–Trinajstić information content (AvgIpc) is 2.68. The van der Waals surface area contributed by atoms with Crippen molar-refractivity contribution in [2.45, 2.75) is 32.5 Å². The number of fused-ring (bicyclic) bond motifs is 3. The van der Waals surface area contributed by atoms with Gasteiger partial charge in [-0.2, -0.15) is 0 Å². The molecule has 118 valence electrons. The first kappa shape index (κ1) is 18.1. The molecule has 2 aromatic carbocycles. The fraction of sp³-hybridized carbons (Fsp3) is 0.294. The van der Waals surface area contributed by atoms with Gasteiger partial charge in [-0.3, -0.25) is 0 Å². The molecular weight excluding hydrogens is 367 g/mol. The van der Waals surface area contributed by atoms with Gasteiger partial charge in [0.2, 0.25) is 6.69 Å². The highest BCUT2D eigenvalue weighted by atomic mass is 35.7. The van der Waals surface area contributed by atoms with Crippen LogP contribution in [-0.2, 0) is 0 Å². The minimum Gasteiger partial charge on any atom is -0.146 e. The molecule has 22 heavy (non-hydrogen) atoms. The third-order valence-electron chi connectivity index (χ3n) is 4.04. The third kappa shape index (κ3) is 3.80. The lowest BCUT2D eigenvalue weighted by molar-refractivity contribution is 1.15. The summed E-state index contributed by atoms with van der Waals surface area (Å²) in [4.78, 5) is 0. The maximum Gasteiger partial charge on any atom is 0.245 e. The van der Waals surface area contributed by atoms with Crippen LogP contribution in [0.15, 0.2) is 30.3 Å². The Morgan fingerprint density at radius 3 is 2.14 bits per heavy atom. The fourth-order valence-electron chi connectivity index (χ4n) is 2.95. The van der Waals surface area contributed by atoms with E-state index in [-0.39, 0.29) is 0 Å². The number of rotatable bonds is 0. The van der Waals surface area contributed by atoms with E-state index in [0.717, 1.165) is 15.3 Å². The molecule has 0 bridgehead atoms. The second-order valence-corrected chi connectivity index (χ2v) is 16.7. The average molecular weight is 388 g/mol. The Labute approximate surface area is 151 Å². The number of benzene rings is 2. The quantitative estimate of drug-likeness (QED) is 0.410. The fourth-order valence-corrected chi connectivity index (χ4v) is 4.45. The summed E-state index contributed by atoms with van der Waals surface area (Å²) >= 11 is 17.2. The highest BCUT2D eigenvalue weighted by Crippen LogP contribution is 2.46. The molecule has 0 amide bonds. The summed E-state index contributed by atoms with van der Waals surface area (Å²) in [6.07, 6.45) is 0. The van der Waals surface area contributed by atoms with E-state index in [9.17, 15) is 0 Å². The van der Waals surface area contributed by atoms with Crippen LogP contribution in [-0.4, -0.2) is 16.9 Å². The van der Waals surface area contributed by atoms with Crippen molar-refractivity contribution in [3.8, 4) is 11.1 Å². The van der Waals surface area contributed by atoms with Crippen molar-refractivity contribution in [3.05, 3.63) is 57.6 Å². The van der Waals surface area contributed by atoms with E-state index >= 15 is 0 Å². The zero-order chi connectivity index (χ0) is 16.7. The Hall–Kier alpha value is -0.256. The van der Waals surface area contributed by atoms with Crippen molar-refractivity contribution in [2.24, 2.45) is 0 Å². The minimum absolute atomic E-state index is 0.622. The smallest absolute Gasteiger partial charge is 0.146 e. The van der Waals surface area contributed by atoms with Crippen LogP contribution in [0, 0.1) is 13.8 Å². The molecule has 0 saturated heterocycles. The zero-order valence-corrected chi connectivity index (χ0v) is 18.9. The molecule has 0 spiro atoms. The van der Waals surface area contributed by atoms with Crippen LogP contribution in [0.3, 0.4) is 0 Å². The molecule has 1 atom stereocenters. The summed E-state index contributed by atoms with van der Waals surface area (Å²) in [5.41, 5.74) is 8.97. The Balaban J connectivity index is 0.000000309. The summed E-state index contributed by atoms with van der Waals surface area (Å²) < 4.78 is 0. The van der Waals surface area contributed by atoms with E-state index in [1.807, 2.05) is 13.1 Å². The van der Waals surface area contributed by atoms with Gasteiger partial charge in [-0.05, 0) is 71.9 Å². The molecule has 0 aromatic heterocycles. The van der Waals surface area contributed by atoms with Crippen LogP contribution in [0.5, 0.6) is 0 Å². The van der Waals surface area contributed by atoms with E-state index < -0.39 is 6.69 Å². The number of hydrogen-bond acceptors (Lipinski definition) is 0. The first-order valence-electron chi connectivity index (χ1n) is 7.38. The van der Waals surface area contributed by atoms with E-state index in [1.165, 1.54) is 33.4 Å². The maximum absolute atomic E-state index is 6.32. The van der Waals surface area contributed by atoms with Crippen LogP contribution in [0.2, 0.25) is 18.1 Å². The molecule has 5 heteroatoms. The summed E-state index contributed by atoms with van der Waals surface area (Å²) in [6.45, 7) is 6.37. The third-order valence-corrected chi connectivity index (χ3v) is 5.63. The van der Waals surface area contributed by atoms with Gasteiger partial charge in [0.15, 0.2) is 0 Å². The van der Waals surface area contributed by atoms with Crippen LogP contribution < -0.4 is 0 Å². The second kappa shape index (κ2) is 6.70. The molecule has 3 rings (SSSR count). The highest BCUT2D eigenvalue weighted by Gasteiger charge is 2.27. The van der Waals surface area contributed by atoms with Crippen LogP contribution in [0.1, 0.15) is 27.8 Å². The van der Waals surface area contributed by atoms with Crippen LogP contribution in [0.25, 0.3) is 11.1 Å². The van der Waals surface area contributed by atoms with Crippen molar-refractivity contribution in [1.29, 1.82) is 0 Å². The minimum atomic E-state index is -1.67. The Morgan fingerprint density at radius 2 is 1.55 bits per heavy atom. The van der Waals surface area contributed by atoms with Gasteiger partial charge in [-0.25, -0.2) is 0 Å². The monoisotopic (exact) mass is 386 g/mol. The first-order chi connectivity index (χ1) is 10.1. The summed E-state index contributed by atoms with van der Waals surface area (Å²) in [5, 5.41) is 0.895. The molecule has 0 N–H and O–H groups in total.